The molecule has 0 spiro atoms. The minimum Gasteiger partial charge on any atom is -0.440 e. The topological polar surface area (TPSA) is 46.3 Å². The Hall–Kier alpha value is -2.27. The molecule has 2 aromatic carbocycles. The maximum Gasteiger partial charge on any atom is 0.232 e. The number of fused-ring (bicyclic) bond motifs is 1. The smallest absolute Gasteiger partial charge is 0.232 e. The van der Waals surface area contributed by atoms with Crippen molar-refractivity contribution in [2.45, 2.75) is 31.4 Å². The van der Waals surface area contributed by atoms with Gasteiger partial charge in [0.2, 0.25) is 5.91 Å². The Morgan fingerprint density at radius 1 is 1.15 bits per heavy atom. The average molecular weight is 381 g/mol. The zero-order valence-electron chi connectivity index (χ0n) is 15.6. The molecule has 1 aliphatic heterocycles. The van der Waals surface area contributed by atoms with Gasteiger partial charge in [-0.25, -0.2) is 4.98 Å². The zero-order valence-corrected chi connectivity index (χ0v) is 16.4. The number of aromatic nitrogens is 1. The van der Waals surface area contributed by atoms with Crippen LogP contribution in [0.25, 0.3) is 11.1 Å². The van der Waals surface area contributed by atoms with Gasteiger partial charge >= 0.3 is 0 Å². The van der Waals surface area contributed by atoms with Crippen molar-refractivity contribution in [3.63, 3.8) is 0 Å². The van der Waals surface area contributed by atoms with Crippen LogP contribution < -0.4 is 0 Å². The van der Waals surface area contributed by atoms with Crippen LogP contribution >= 0.6 is 11.8 Å². The van der Waals surface area contributed by atoms with Crippen molar-refractivity contribution in [1.29, 1.82) is 0 Å². The highest BCUT2D eigenvalue weighted by Crippen LogP contribution is 2.30. The van der Waals surface area contributed by atoms with Crippen molar-refractivity contribution in [3.05, 3.63) is 65.5 Å². The summed E-state index contributed by atoms with van der Waals surface area (Å²) in [7, 11) is 0. The van der Waals surface area contributed by atoms with Gasteiger partial charge in [0.05, 0.1) is 5.75 Å². The van der Waals surface area contributed by atoms with Crippen molar-refractivity contribution in [2.75, 3.05) is 18.8 Å². The van der Waals surface area contributed by atoms with Gasteiger partial charge in [-0.05, 0) is 37.5 Å². The highest BCUT2D eigenvalue weighted by atomic mass is 32.2. The summed E-state index contributed by atoms with van der Waals surface area (Å²) in [4.78, 5) is 19.1. The molecule has 0 saturated carbocycles. The SMILES string of the molecule is Cc1ccc(CSCC(=O)N2CCC(c3nc4ccccc4o3)CC2)cc1. The summed E-state index contributed by atoms with van der Waals surface area (Å²) in [5.41, 5.74) is 4.30. The largest absolute Gasteiger partial charge is 0.440 e. The molecule has 4 rings (SSSR count). The number of benzene rings is 2. The first-order valence-corrected chi connectivity index (χ1v) is 10.6. The average Bonchev–Trinajstić information content (AvgIpc) is 3.14. The Morgan fingerprint density at radius 3 is 2.63 bits per heavy atom. The summed E-state index contributed by atoms with van der Waals surface area (Å²) >= 11 is 1.69. The maximum atomic E-state index is 12.5. The standard InChI is InChI=1S/C22H24N2O2S/c1-16-6-8-17(9-7-16)14-27-15-21(25)24-12-10-18(11-13-24)22-23-19-4-2-3-5-20(19)26-22/h2-9,18H,10-15H2,1H3. The normalized spacial score (nSPS) is 15.4. The van der Waals surface area contributed by atoms with Gasteiger partial charge in [0.15, 0.2) is 11.5 Å². The Balaban J connectivity index is 1.25. The van der Waals surface area contributed by atoms with E-state index in [1.165, 1.54) is 11.1 Å². The molecule has 0 bridgehead atoms. The number of para-hydroxylation sites is 2. The molecule has 2 heterocycles. The lowest BCUT2D eigenvalue weighted by Crippen LogP contribution is -2.39. The van der Waals surface area contributed by atoms with E-state index in [1.54, 1.807) is 11.8 Å². The molecule has 1 amide bonds. The molecule has 0 aliphatic carbocycles. The van der Waals surface area contributed by atoms with E-state index in [0.29, 0.717) is 11.7 Å². The third-order valence-corrected chi connectivity index (χ3v) is 6.11. The maximum absolute atomic E-state index is 12.5. The Morgan fingerprint density at radius 2 is 1.89 bits per heavy atom. The van der Waals surface area contributed by atoms with Gasteiger partial charge in [0.1, 0.15) is 5.52 Å². The highest BCUT2D eigenvalue weighted by Gasteiger charge is 2.26. The molecule has 1 fully saturated rings. The number of hydrogen-bond donors (Lipinski definition) is 0. The predicted molar refractivity (Wildman–Crippen MR) is 110 cm³/mol. The van der Waals surface area contributed by atoms with Crippen molar-refractivity contribution in [1.82, 2.24) is 9.88 Å². The fourth-order valence-corrected chi connectivity index (χ4v) is 4.36. The number of carbonyl (C=O) groups excluding carboxylic acids is 1. The number of piperidine rings is 1. The molecule has 0 unspecified atom stereocenters. The summed E-state index contributed by atoms with van der Waals surface area (Å²) in [6.45, 7) is 3.66. The van der Waals surface area contributed by atoms with Crippen molar-refractivity contribution >= 4 is 28.8 Å². The summed E-state index contributed by atoms with van der Waals surface area (Å²) in [6, 6.07) is 16.4. The molecule has 0 atom stereocenters. The van der Waals surface area contributed by atoms with Crippen molar-refractivity contribution in [3.8, 4) is 0 Å². The molecule has 27 heavy (non-hydrogen) atoms. The third-order valence-electron chi connectivity index (χ3n) is 5.12. The first-order chi connectivity index (χ1) is 13.2. The van der Waals surface area contributed by atoms with E-state index >= 15 is 0 Å². The van der Waals surface area contributed by atoms with Gasteiger partial charge in [0, 0.05) is 24.8 Å². The Bertz CT molecular complexity index is 878. The zero-order chi connectivity index (χ0) is 18.6. The molecular formula is C22H24N2O2S. The van der Waals surface area contributed by atoms with Gasteiger partial charge < -0.3 is 9.32 Å². The molecule has 4 nitrogen and oxygen atoms in total. The van der Waals surface area contributed by atoms with Crippen molar-refractivity contribution < 1.29 is 9.21 Å². The minimum atomic E-state index is 0.239. The second kappa shape index (κ2) is 8.17. The highest BCUT2D eigenvalue weighted by molar-refractivity contribution is 7.99. The number of amides is 1. The first-order valence-electron chi connectivity index (χ1n) is 9.45. The number of carbonyl (C=O) groups is 1. The molecule has 0 radical (unpaired) electrons. The van der Waals surface area contributed by atoms with E-state index in [-0.39, 0.29) is 5.91 Å². The molecule has 5 heteroatoms. The van der Waals surface area contributed by atoms with E-state index in [2.05, 4.69) is 36.2 Å². The van der Waals surface area contributed by atoms with Crippen LogP contribution in [0.2, 0.25) is 0 Å². The minimum absolute atomic E-state index is 0.239. The van der Waals surface area contributed by atoms with E-state index in [4.69, 9.17) is 4.42 Å². The molecule has 140 valence electrons. The van der Waals surface area contributed by atoms with Crippen LogP contribution in [0.1, 0.15) is 35.8 Å². The van der Waals surface area contributed by atoms with Crippen LogP contribution in [0, 0.1) is 6.92 Å². The number of rotatable bonds is 5. The molecule has 3 aromatic rings. The quantitative estimate of drug-likeness (QED) is 0.639. The van der Waals surface area contributed by atoms with E-state index in [0.717, 1.165) is 48.7 Å². The van der Waals surface area contributed by atoms with Crippen LogP contribution in [0.15, 0.2) is 52.9 Å². The fraction of sp³-hybridized carbons (Fsp3) is 0.364. The Labute approximate surface area is 164 Å². The second-order valence-electron chi connectivity index (χ2n) is 7.15. The molecule has 1 aliphatic rings. The van der Waals surface area contributed by atoms with E-state index < -0.39 is 0 Å². The van der Waals surface area contributed by atoms with Crippen LogP contribution in [0.4, 0.5) is 0 Å². The molecular weight excluding hydrogens is 356 g/mol. The van der Waals surface area contributed by atoms with Gasteiger partial charge in [0.25, 0.3) is 0 Å². The monoisotopic (exact) mass is 380 g/mol. The predicted octanol–water partition coefficient (Wildman–Crippen LogP) is 4.78. The number of likely N-dealkylation sites (tertiary alicyclic amines) is 1. The van der Waals surface area contributed by atoms with Crippen LogP contribution in [0.5, 0.6) is 0 Å². The Kier molecular flexibility index (Phi) is 5.48. The van der Waals surface area contributed by atoms with Gasteiger partial charge in [-0.15, -0.1) is 11.8 Å². The van der Waals surface area contributed by atoms with Gasteiger partial charge in [-0.2, -0.15) is 0 Å². The summed E-state index contributed by atoms with van der Waals surface area (Å²) in [5, 5.41) is 0. The van der Waals surface area contributed by atoms with Crippen LogP contribution in [-0.4, -0.2) is 34.6 Å². The number of hydrogen-bond acceptors (Lipinski definition) is 4. The van der Waals surface area contributed by atoms with Crippen molar-refractivity contribution in [2.24, 2.45) is 0 Å². The third kappa shape index (κ3) is 4.35. The fourth-order valence-electron chi connectivity index (χ4n) is 3.47. The summed E-state index contributed by atoms with van der Waals surface area (Å²) in [6.07, 6.45) is 1.84. The number of nitrogens with zero attached hydrogens (tertiary/aromatic N) is 2. The molecule has 0 N–H and O–H groups in total. The molecule has 1 aromatic heterocycles. The van der Waals surface area contributed by atoms with Crippen LogP contribution in [-0.2, 0) is 10.5 Å². The molecule has 1 saturated heterocycles. The summed E-state index contributed by atoms with van der Waals surface area (Å²) < 4.78 is 5.91. The number of aryl methyl sites for hydroxylation is 1. The lowest BCUT2D eigenvalue weighted by molar-refractivity contribution is -0.129. The van der Waals surface area contributed by atoms with Gasteiger partial charge in [-0.3, -0.25) is 4.79 Å². The lowest BCUT2D eigenvalue weighted by atomic mass is 9.97. The van der Waals surface area contributed by atoms with E-state index in [1.807, 2.05) is 29.2 Å². The number of thioether (sulfide) groups is 1. The van der Waals surface area contributed by atoms with Crippen LogP contribution in [0.3, 0.4) is 0 Å². The number of oxazole rings is 1. The lowest BCUT2D eigenvalue weighted by Gasteiger charge is -2.30. The van der Waals surface area contributed by atoms with E-state index in [9.17, 15) is 4.79 Å². The first kappa shape index (κ1) is 18.1. The summed E-state index contributed by atoms with van der Waals surface area (Å²) in [5.74, 6) is 2.79. The van der Waals surface area contributed by atoms with Gasteiger partial charge in [-0.1, -0.05) is 42.0 Å². The second-order valence-corrected chi connectivity index (χ2v) is 8.14.